The molecule has 0 aliphatic carbocycles. The second-order valence-corrected chi connectivity index (χ2v) is 8.37. The van der Waals surface area contributed by atoms with Gasteiger partial charge in [-0.1, -0.05) is 6.07 Å². The summed E-state index contributed by atoms with van der Waals surface area (Å²) in [5, 5.41) is 8.98. The lowest BCUT2D eigenvalue weighted by Gasteiger charge is -2.30. The van der Waals surface area contributed by atoms with Crippen molar-refractivity contribution >= 4 is 16.0 Å². The quantitative estimate of drug-likeness (QED) is 0.781. The number of aromatic nitrogens is 1. The van der Waals surface area contributed by atoms with Crippen molar-refractivity contribution in [3.05, 3.63) is 54.2 Å². The molecule has 144 valence electrons. The van der Waals surface area contributed by atoms with E-state index in [1.807, 2.05) is 0 Å². The lowest BCUT2D eigenvalue weighted by molar-refractivity contribution is 0.0697. The van der Waals surface area contributed by atoms with Gasteiger partial charge in [-0.2, -0.15) is 4.31 Å². The first-order valence-electron chi connectivity index (χ1n) is 8.84. The number of nitrogens with zero attached hydrogens (tertiary/aromatic N) is 2. The molecule has 1 aliphatic rings. The first kappa shape index (κ1) is 19.3. The number of piperidine rings is 1. The Hall–Kier alpha value is -2.45. The van der Waals surface area contributed by atoms with Crippen molar-refractivity contribution in [3.63, 3.8) is 0 Å². The lowest BCUT2D eigenvalue weighted by Crippen LogP contribution is -2.39. The van der Waals surface area contributed by atoms with Gasteiger partial charge in [-0.25, -0.2) is 18.2 Å². The third-order valence-electron chi connectivity index (χ3n) is 4.71. The van der Waals surface area contributed by atoms with Gasteiger partial charge in [-0.15, -0.1) is 0 Å². The molecule has 2 aromatic rings. The number of sulfonamides is 1. The van der Waals surface area contributed by atoms with Crippen LogP contribution in [0.25, 0.3) is 0 Å². The first-order chi connectivity index (χ1) is 13.0. The molecule has 2 heterocycles. The van der Waals surface area contributed by atoms with Crippen molar-refractivity contribution in [1.82, 2.24) is 9.29 Å². The van der Waals surface area contributed by atoms with Gasteiger partial charge in [0, 0.05) is 19.3 Å². The highest BCUT2D eigenvalue weighted by atomic mass is 32.2. The molecule has 0 radical (unpaired) electrons. The van der Waals surface area contributed by atoms with E-state index >= 15 is 0 Å². The van der Waals surface area contributed by atoms with Crippen LogP contribution in [0.2, 0.25) is 0 Å². The average Bonchev–Trinajstić information content (AvgIpc) is 2.69. The Kier molecular flexibility index (Phi) is 6.08. The normalized spacial score (nSPS) is 16.1. The third kappa shape index (κ3) is 4.84. The van der Waals surface area contributed by atoms with Crippen LogP contribution in [0.4, 0.5) is 0 Å². The Morgan fingerprint density at radius 3 is 2.44 bits per heavy atom. The second kappa shape index (κ2) is 8.49. The van der Waals surface area contributed by atoms with E-state index in [2.05, 4.69) is 4.98 Å². The van der Waals surface area contributed by atoms with Crippen molar-refractivity contribution in [3.8, 4) is 5.75 Å². The van der Waals surface area contributed by atoms with E-state index in [4.69, 9.17) is 9.84 Å². The fraction of sp³-hybridized carbons (Fsp3) is 0.368. The summed E-state index contributed by atoms with van der Waals surface area (Å²) in [5.74, 6) is 0.0719. The number of benzene rings is 1. The number of hydrogen-bond acceptors (Lipinski definition) is 5. The van der Waals surface area contributed by atoms with Gasteiger partial charge >= 0.3 is 5.97 Å². The smallest absolute Gasteiger partial charge is 0.335 e. The number of ether oxygens (including phenoxy) is 1. The largest absolute Gasteiger partial charge is 0.494 e. The number of carboxylic acids is 1. The molecule has 8 heteroatoms. The molecule has 0 saturated carbocycles. The summed E-state index contributed by atoms with van der Waals surface area (Å²) in [6, 6.07) is 11.2. The molecule has 0 atom stereocenters. The zero-order valence-electron chi connectivity index (χ0n) is 14.8. The van der Waals surface area contributed by atoms with E-state index < -0.39 is 16.0 Å². The molecule has 1 saturated heterocycles. The van der Waals surface area contributed by atoms with E-state index in [0.717, 1.165) is 19.3 Å². The molecular weight excluding hydrogens is 368 g/mol. The summed E-state index contributed by atoms with van der Waals surface area (Å²) >= 11 is 0. The Labute approximate surface area is 158 Å². The summed E-state index contributed by atoms with van der Waals surface area (Å²) < 4.78 is 32.3. The van der Waals surface area contributed by atoms with Crippen LogP contribution in [-0.4, -0.2) is 48.5 Å². The SMILES string of the molecule is O=C(O)c1ccc(OCCC2CCN(S(=O)(=O)c3ccccn3)CC2)cc1. The maximum Gasteiger partial charge on any atom is 0.335 e. The van der Waals surface area contributed by atoms with Gasteiger partial charge < -0.3 is 9.84 Å². The molecule has 3 rings (SSSR count). The standard InChI is InChI=1S/C19H22N2O5S/c22-19(23)16-4-6-17(7-5-16)26-14-10-15-8-12-21(13-9-15)27(24,25)18-3-1-2-11-20-18/h1-7,11,15H,8-10,12-14H2,(H,22,23). The van der Waals surface area contributed by atoms with E-state index in [1.54, 1.807) is 24.3 Å². The van der Waals surface area contributed by atoms with Gasteiger partial charge in [0.25, 0.3) is 10.0 Å². The van der Waals surface area contributed by atoms with Crippen LogP contribution < -0.4 is 4.74 Å². The predicted octanol–water partition coefficient (Wildman–Crippen LogP) is 2.65. The Morgan fingerprint density at radius 2 is 1.85 bits per heavy atom. The summed E-state index contributed by atoms with van der Waals surface area (Å²) in [4.78, 5) is 14.8. The van der Waals surface area contributed by atoms with Gasteiger partial charge in [0.2, 0.25) is 0 Å². The summed E-state index contributed by atoms with van der Waals surface area (Å²) in [5.41, 5.74) is 0.226. The molecule has 0 amide bonds. The maximum absolute atomic E-state index is 12.6. The van der Waals surface area contributed by atoms with Crippen LogP contribution in [-0.2, 0) is 10.0 Å². The van der Waals surface area contributed by atoms with E-state index in [1.165, 1.54) is 28.7 Å². The summed E-state index contributed by atoms with van der Waals surface area (Å²) in [7, 11) is -3.52. The highest BCUT2D eigenvalue weighted by Crippen LogP contribution is 2.25. The van der Waals surface area contributed by atoms with Crippen LogP contribution in [0.15, 0.2) is 53.7 Å². The Bertz CT molecular complexity index is 861. The highest BCUT2D eigenvalue weighted by Gasteiger charge is 2.30. The number of rotatable bonds is 7. The molecule has 7 nitrogen and oxygen atoms in total. The summed E-state index contributed by atoms with van der Waals surface area (Å²) in [6.07, 6.45) is 3.89. The number of hydrogen-bond donors (Lipinski definition) is 1. The number of pyridine rings is 1. The van der Waals surface area contributed by atoms with E-state index in [0.29, 0.717) is 31.4 Å². The van der Waals surface area contributed by atoms with Gasteiger partial charge in [0.1, 0.15) is 5.75 Å². The molecule has 1 aromatic carbocycles. The van der Waals surface area contributed by atoms with Gasteiger partial charge in [0.05, 0.1) is 12.2 Å². The van der Waals surface area contributed by atoms with E-state index in [9.17, 15) is 13.2 Å². The van der Waals surface area contributed by atoms with Crippen molar-refractivity contribution < 1.29 is 23.1 Å². The molecule has 1 aliphatic heterocycles. The van der Waals surface area contributed by atoms with Crippen molar-refractivity contribution in [2.24, 2.45) is 5.92 Å². The Balaban J connectivity index is 1.45. The topological polar surface area (TPSA) is 96.8 Å². The fourth-order valence-corrected chi connectivity index (χ4v) is 4.51. The highest BCUT2D eigenvalue weighted by molar-refractivity contribution is 7.89. The minimum atomic E-state index is -3.52. The zero-order valence-corrected chi connectivity index (χ0v) is 15.6. The number of carboxylic acid groups (broad SMARTS) is 1. The second-order valence-electron chi connectivity index (χ2n) is 6.48. The van der Waals surface area contributed by atoms with Crippen molar-refractivity contribution in [2.75, 3.05) is 19.7 Å². The summed E-state index contributed by atoms with van der Waals surface area (Å²) in [6.45, 7) is 1.48. The number of carbonyl (C=O) groups is 1. The zero-order chi connectivity index (χ0) is 19.3. The Morgan fingerprint density at radius 1 is 1.15 bits per heavy atom. The third-order valence-corrected chi connectivity index (χ3v) is 6.53. The molecular formula is C19H22N2O5S. The van der Waals surface area contributed by atoms with Gasteiger partial charge in [-0.3, -0.25) is 0 Å². The van der Waals surface area contributed by atoms with Crippen LogP contribution in [0, 0.1) is 5.92 Å². The molecule has 1 N–H and O–H groups in total. The minimum Gasteiger partial charge on any atom is -0.494 e. The fourth-order valence-electron chi connectivity index (χ4n) is 3.11. The molecule has 1 fully saturated rings. The maximum atomic E-state index is 12.6. The molecule has 27 heavy (non-hydrogen) atoms. The van der Waals surface area contributed by atoms with Gasteiger partial charge in [0.15, 0.2) is 5.03 Å². The van der Waals surface area contributed by atoms with Crippen LogP contribution in [0.5, 0.6) is 5.75 Å². The molecule has 0 bridgehead atoms. The molecule has 0 unspecified atom stereocenters. The van der Waals surface area contributed by atoms with Crippen LogP contribution in [0.1, 0.15) is 29.6 Å². The number of aromatic carboxylic acids is 1. The molecule has 0 spiro atoms. The molecule has 1 aromatic heterocycles. The van der Waals surface area contributed by atoms with Crippen LogP contribution >= 0.6 is 0 Å². The first-order valence-corrected chi connectivity index (χ1v) is 10.3. The average molecular weight is 390 g/mol. The van der Waals surface area contributed by atoms with E-state index in [-0.39, 0.29) is 10.6 Å². The minimum absolute atomic E-state index is 0.0941. The monoisotopic (exact) mass is 390 g/mol. The lowest BCUT2D eigenvalue weighted by atomic mass is 9.95. The van der Waals surface area contributed by atoms with Crippen molar-refractivity contribution in [1.29, 1.82) is 0 Å². The van der Waals surface area contributed by atoms with Gasteiger partial charge in [-0.05, 0) is 61.6 Å². The predicted molar refractivity (Wildman–Crippen MR) is 99.2 cm³/mol. The van der Waals surface area contributed by atoms with Crippen molar-refractivity contribution in [2.45, 2.75) is 24.3 Å². The van der Waals surface area contributed by atoms with Crippen LogP contribution in [0.3, 0.4) is 0 Å².